The molecule has 1 saturated heterocycles. The molecule has 0 aliphatic carbocycles. The highest BCUT2D eigenvalue weighted by Crippen LogP contribution is 2.33. The van der Waals surface area contributed by atoms with Gasteiger partial charge in [-0.05, 0) is 17.7 Å². The van der Waals surface area contributed by atoms with E-state index in [1.165, 1.54) is 5.56 Å². The Morgan fingerprint density at radius 2 is 1.95 bits per heavy atom. The van der Waals surface area contributed by atoms with Gasteiger partial charge in [-0.3, -0.25) is 4.79 Å². The minimum atomic E-state index is 0.0865. The van der Waals surface area contributed by atoms with Crippen LogP contribution in [0.15, 0.2) is 24.3 Å². The van der Waals surface area contributed by atoms with Crippen LogP contribution in [0.2, 0.25) is 0 Å². The number of likely N-dealkylation sites (tertiary alicyclic amines) is 1. The van der Waals surface area contributed by atoms with Crippen molar-refractivity contribution in [3.05, 3.63) is 29.8 Å². The number of likely N-dealkylation sites (N-methyl/N-ethyl adjacent to an activating group) is 2. The first-order valence-corrected chi connectivity index (χ1v) is 8.66. The number of methoxy groups -OCH3 is 1. The van der Waals surface area contributed by atoms with E-state index < -0.39 is 0 Å². The van der Waals surface area contributed by atoms with Crippen molar-refractivity contribution in [3.63, 3.8) is 0 Å². The molecule has 1 amide bonds. The zero-order valence-corrected chi connectivity index (χ0v) is 15.0. The second-order valence-electron chi connectivity index (χ2n) is 6.73. The third kappa shape index (κ3) is 3.96. The summed E-state index contributed by atoms with van der Waals surface area (Å²) in [6, 6.07) is 8.32. The van der Waals surface area contributed by atoms with Crippen LogP contribution in [0.1, 0.15) is 12.0 Å². The Kier molecular flexibility index (Phi) is 5.40. The molecule has 2 rings (SSSR count). The summed E-state index contributed by atoms with van der Waals surface area (Å²) in [6.07, 6.45) is 0.963. The van der Waals surface area contributed by atoms with Crippen LogP contribution in [0.4, 0.5) is 0 Å². The Balaban J connectivity index is 1.93. The van der Waals surface area contributed by atoms with Gasteiger partial charge in [0.2, 0.25) is 0 Å². The monoisotopic (exact) mass is 323 g/mol. The molecule has 1 aromatic carbocycles. The molecule has 1 aromatic rings. The first kappa shape index (κ1) is 17.2. The molecule has 4 nitrogen and oxygen atoms in total. The van der Waals surface area contributed by atoms with Gasteiger partial charge >= 0.3 is 0 Å². The highest BCUT2D eigenvalue weighted by atomic mass is 32.2. The van der Waals surface area contributed by atoms with Crippen LogP contribution < -0.4 is 4.74 Å². The van der Waals surface area contributed by atoms with Crippen molar-refractivity contribution in [3.8, 4) is 5.75 Å². The quantitative estimate of drug-likeness (QED) is 0.778. The van der Waals surface area contributed by atoms with Crippen LogP contribution >= 0.6 is 11.8 Å². The predicted octanol–water partition coefficient (Wildman–Crippen LogP) is 2.23. The van der Waals surface area contributed by atoms with Gasteiger partial charge in [0.1, 0.15) is 5.75 Å². The number of hydrogen-bond acceptors (Lipinski definition) is 3. The summed E-state index contributed by atoms with van der Waals surface area (Å²) in [7, 11) is 9.71. The zero-order valence-electron chi connectivity index (χ0n) is 14.2. The van der Waals surface area contributed by atoms with E-state index in [1.54, 1.807) is 12.0 Å². The zero-order chi connectivity index (χ0) is 16.3. The molecule has 5 heteroatoms. The maximum absolute atomic E-state index is 12.3. The van der Waals surface area contributed by atoms with Crippen LogP contribution in [0, 0.1) is 0 Å². The van der Waals surface area contributed by atoms with Gasteiger partial charge in [-0.2, -0.15) is 0 Å². The van der Waals surface area contributed by atoms with E-state index in [0.717, 1.165) is 29.0 Å². The van der Waals surface area contributed by atoms with E-state index in [-0.39, 0.29) is 11.9 Å². The summed E-state index contributed by atoms with van der Waals surface area (Å²) in [5.41, 5.74) is 1.30. The van der Waals surface area contributed by atoms with Crippen molar-refractivity contribution in [1.82, 2.24) is 4.90 Å². The van der Waals surface area contributed by atoms with E-state index in [0.29, 0.717) is 5.25 Å². The van der Waals surface area contributed by atoms with E-state index in [4.69, 9.17) is 4.74 Å². The van der Waals surface area contributed by atoms with Gasteiger partial charge in [-0.15, -0.1) is 11.8 Å². The molecule has 0 radical (unpaired) electrons. The van der Waals surface area contributed by atoms with Crippen molar-refractivity contribution >= 4 is 17.7 Å². The summed E-state index contributed by atoms with van der Waals surface area (Å²) in [4.78, 5) is 14.1. The van der Waals surface area contributed by atoms with Gasteiger partial charge in [-0.25, -0.2) is 0 Å². The number of hydrogen-bond donors (Lipinski definition) is 0. The number of carbonyl (C=O) groups is 1. The normalized spacial score (nSPS) is 23.3. The standard InChI is InChI=1S/C17H27N2O2S/c1-18(2)17(20)16-10-15(11-19(16,3)4)22-12-13-6-8-14(21-5)9-7-13/h6-9,15-16H,10-12H2,1-5H3/q+1/t15-,16-/m0/s1. The smallest absolute Gasteiger partial charge is 0.280 e. The number of nitrogens with zero attached hydrogens (tertiary/aromatic N) is 2. The number of carbonyl (C=O) groups excluding carboxylic acids is 1. The highest BCUT2D eigenvalue weighted by molar-refractivity contribution is 7.99. The molecule has 22 heavy (non-hydrogen) atoms. The minimum Gasteiger partial charge on any atom is -0.497 e. The molecule has 1 aliphatic heterocycles. The minimum absolute atomic E-state index is 0.0865. The maximum Gasteiger partial charge on any atom is 0.280 e. The Bertz CT molecular complexity index is 514. The molecule has 0 N–H and O–H groups in total. The Morgan fingerprint density at radius 1 is 1.32 bits per heavy atom. The second-order valence-corrected chi connectivity index (χ2v) is 8.02. The molecular formula is C17H27N2O2S+. The van der Waals surface area contributed by atoms with Gasteiger partial charge in [0.25, 0.3) is 5.91 Å². The van der Waals surface area contributed by atoms with Gasteiger partial charge in [0.15, 0.2) is 6.04 Å². The van der Waals surface area contributed by atoms with Crippen LogP contribution in [0.25, 0.3) is 0 Å². The summed E-state index contributed by atoms with van der Waals surface area (Å²) in [5, 5.41) is 0.533. The van der Waals surface area contributed by atoms with Crippen molar-refractivity contribution < 1.29 is 14.0 Å². The van der Waals surface area contributed by atoms with Crippen molar-refractivity contribution in [2.24, 2.45) is 0 Å². The van der Waals surface area contributed by atoms with Gasteiger partial charge < -0.3 is 14.1 Å². The summed E-state index contributed by atoms with van der Waals surface area (Å²) < 4.78 is 5.97. The van der Waals surface area contributed by atoms with Crippen molar-refractivity contribution in [2.45, 2.75) is 23.5 Å². The van der Waals surface area contributed by atoms with Crippen LogP contribution in [0.5, 0.6) is 5.75 Å². The lowest BCUT2D eigenvalue weighted by Crippen LogP contribution is -2.51. The molecule has 1 aliphatic rings. The first-order chi connectivity index (χ1) is 10.3. The Labute approximate surface area is 138 Å². The lowest BCUT2D eigenvalue weighted by molar-refractivity contribution is -0.893. The fourth-order valence-corrected chi connectivity index (χ4v) is 4.44. The number of benzene rings is 1. The number of thioether (sulfide) groups is 1. The molecule has 0 spiro atoms. The lowest BCUT2D eigenvalue weighted by atomic mass is 10.2. The molecule has 0 bridgehead atoms. The van der Waals surface area contributed by atoms with Crippen LogP contribution in [-0.4, -0.2) is 68.4 Å². The Morgan fingerprint density at radius 3 is 2.50 bits per heavy atom. The van der Waals surface area contributed by atoms with E-state index in [9.17, 15) is 4.79 Å². The SMILES string of the molecule is COc1ccc(CS[C@H]2C[C@@H](C(=O)N(C)C)[N+](C)(C)C2)cc1. The van der Waals surface area contributed by atoms with Gasteiger partial charge in [-0.1, -0.05) is 12.1 Å². The number of amides is 1. The van der Waals surface area contributed by atoms with Crippen molar-refractivity contribution in [1.29, 1.82) is 0 Å². The van der Waals surface area contributed by atoms with Crippen molar-refractivity contribution in [2.75, 3.05) is 41.8 Å². The average molecular weight is 323 g/mol. The van der Waals surface area contributed by atoms with Gasteiger partial charge in [0.05, 0.1) is 33.0 Å². The predicted molar refractivity (Wildman–Crippen MR) is 92.2 cm³/mol. The molecule has 2 atom stereocenters. The molecule has 1 heterocycles. The summed E-state index contributed by atoms with van der Waals surface area (Å²) >= 11 is 1.96. The molecule has 1 fully saturated rings. The lowest BCUT2D eigenvalue weighted by Gasteiger charge is -2.31. The Hall–Kier alpha value is -1.20. The molecule has 122 valence electrons. The highest BCUT2D eigenvalue weighted by Gasteiger charge is 2.45. The van der Waals surface area contributed by atoms with E-state index in [2.05, 4.69) is 26.2 Å². The topological polar surface area (TPSA) is 29.5 Å². The third-order valence-electron chi connectivity index (χ3n) is 4.37. The first-order valence-electron chi connectivity index (χ1n) is 7.62. The average Bonchev–Trinajstić information content (AvgIpc) is 2.79. The van der Waals surface area contributed by atoms with Crippen LogP contribution in [-0.2, 0) is 10.5 Å². The third-order valence-corrected chi connectivity index (χ3v) is 5.69. The fourth-order valence-electron chi connectivity index (χ4n) is 3.02. The van der Waals surface area contributed by atoms with E-state index >= 15 is 0 Å². The van der Waals surface area contributed by atoms with Gasteiger partial charge in [0, 0.05) is 26.3 Å². The van der Waals surface area contributed by atoms with Crippen LogP contribution in [0.3, 0.4) is 0 Å². The number of quaternary nitrogens is 1. The maximum atomic E-state index is 12.3. The van der Waals surface area contributed by atoms with E-state index in [1.807, 2.05) is 38.0 Å². The molecule has 0 saturated carbocycles. The number of rotatable bonds is 5. The molecule has 0 aromatic heterocycles. The largest absolute Gasteiger partial charge is 0.497 e. The summed E-state index contributed by atoms with van der Waals surface area (Å²) in [6.45, 7) is 1.05. The number of ether oxygens (including phenoxy) is 1. The molecule has 0 unspecified atom stereocenters. The molecular weight excluding hydrogens is 296 g/mol. The second kappa shape index (κ2) is 6.92. The fraction of sp³-hybridized carbons (Fsp3) is 0.588. The summed E-state index contributed by atoms with van der Waals surface area (Å²) in [5.74, 6) is 2.12.